The lowest BCUT2D eigenvalue weighted by atomic mass is 10.1. The monoisotopic (exact) mass is 209 g/mol. The fourth-order valence-electron chi connectivity index (χ4n) is 1.70. The molecule has 1 aromatic carbocycles. The SMILES string of the molecule is CC(C)Oc1ccc(C2CC2N)cc1F. The molecule has 2 atom stereocenters. The van der Waals surface area contributed by atoms with Crippen molar-refractivity contribution in [3.05, 3.63) is 29.6 Å². The van der Waals surface area contributed by atoms with Crippen molar-refractivity contribution < 1.29 is 9.13 Å². The topological polar surface area (TPSA) is 35.2 Å². The Balaban J connectivity index is 2.16. The van der Waals surface area contributed by atoms with E-state index in [1.165, 1.54) is 6.07 Å². The van der Waals surface area contributed by atoms with E-state index in [-0.39, 0.29) is 18.0 Å². The molecule has 15 heavy (non-hydrogen) atoms. The van der Waals surface area contributed by atoms with E-state index in [4.69, 9.17) is 10.5 Å². The van der Waals surface area contributed by atoms with Gasteiger partial charge in [-0.1, -0.05) is 6.07 Å². The molecule has 2 N–H and O–H groups in total. The number of nitrogens with two attached hydrogens (primary N) is 1. The molecule has 0 aliphatic heterocycles. The second-order valence-electron chi connectivity index (χ2n) is 4.36. The molecule has 0 amide bonds. The average molecular weight is 209 g/mol. The molecule has 1 aliphatic carbocycles. The molecule has 1 saturated carbocycles. The first kappa shape index (κ1) is 10.4. The van der Waals surface area contributed by atoms with E-state index in [0.717, 1.165) is 12.0 Å². The van der Waals surface area contributed by atoms with Crippen molar-refractivity contribution in [2.45, 2.75) is 38.3 Å². The van der Waals surface area contributed by atoms with Gasteiger partial charge in [-0.2, -0.15) is 0 Å². The largest absolute Gasteiger partial charge is 0.488 e. The molecule has 2 nitrogen and oxygen atoms in total. The molecule has 1 aliphatic rings. The van der Waals surface area contributed by atoms with Crippen LogP contribution in [-0.2, 0) is 0 Å². The first-order valence-corrected chi connectivity index (χ1v) is 5.29. The van der Waals surface area contributed by atoms with E-state index < -0.39 is 0 Å². The van der Waals surface area contributed by atoms with Crippen LogP contribution in [0.15, 0.2) is 18.2 Å². The second-order valence-corrected chi connectivity index (χ2v) is 4.36. The third kappa shape index (κ3) is 2.29. The lowest BCUT2D eigenvalue weighted by molar-refractivity contribution is 0.231. The molecule has 2 rings (SSSR count). The van der Waals surface area contributed by atoms with Crippen LogP contribution < -0.4 is 10.5 Å². The third-order valence-electron chi connectivity index (χ3n) is 2.59. The Bertz CT molecular complexity index is 365. The van der Waals surface area contributed by atoms with Gasteiger partial charge in [-0.25, -0.2) is 4.39 Å². The average Bonchev–Trinajstić information content (AvgIpc) is 2.86. The van der Waals surface area contributed by atoms with Gasteiger partial charge in [0.05, 0.1) is 6.10 Å². The van der Waals surface area contributed by atoms with Crippen LogP contribution in [0.25, 0.3) is 0 Å². The number of rotatable bonds is 3. The summed E-state index contributed by atoms with van der Waals surface area (Å²) in [6.07, 6.45) is 0.956. The smallest absolute Gasteiger partial charge is 0.165 e. The summed E-state index contributed by atoms with van der Waals surface area (Å²) in [5.41, 5.74) is 6.70. The summed E-state index contributed by atoms with van der Waals surface area (Å²) < 4.78 is 18.9. The Labute approximate surface area is 89.2 Å². The van der Waals surface area contributed by atoms with E-state index in [0.29, 0.717) is 11.7 Å². The molecule has 0 radical (unpaired) electrons. The Morgan fingerprint density at radius 3 is 2.60 bits per heavy atom. The summed E-state index contributed by atoms with van der Waals surface area (Å²) in [5, 5.41) is 0. The van der Waals surface area contributed by atoms with Crippen molar-refractivity contribution in [2.24, 2.45) is 5.73 Å². The van der Waals surface area contributed by atoms with E-state index >= 15 is 0 Å². The Morgan fingerprint density at radius 2 is 2.13 bits per heavy atom. The van der Waals surface area contributed by atoms with Crippen molar-refractivity contribution in [3.63, 3.8) is 0 Å². The number of ether oxygens (including phenoxy) is 1. The van der Waals surface area contributed by atoms with Crippen molar-refractivity contribution >= 4 is 0 Å². The lowest BCUT2D eigenvalue weighted by Gasteiger charge is -2.11. The molecule has 3 heteroatoms. The summed E-state index contributed by atoms with van der Waals surface area (Å²) in [4.78, 5) is 0. The van der Waals surface area contributed by atoms with Gasteiger partial charge in [0.2, 0.25) is 0 Å². The number of hydrogen-bond acceptors (Lipinski definition) is 2. The number of benzene rings is 1. The number of halogens is 1. The minimum Gasteiger partial charge on any atom is -0.488 e. The molecule has 2 unspecified atom stereocenters. The number of hydrogen-bond donors (Lipinski definition) is 1. The predicted molar refractivity (Wildman–Crippen MR) is 57.5 cm³/mol. The van der Waals surface area contributed by atoms with Crippen LogP contribution in [0.4, 0.5) is 4.39 Å². The van der Waals surface area contributed by atoms with Crippen LogP contribution >= 0.6 is 0 Å². The van der Waals surface area contributed by atoms with E-state index in [1.54, 1.807) is 6.07 Å². The van der Waals surface area contributed by atoms with Crippen molar-refractivity contribution in [1.82, 2.24) is 0 Å². The maximum Gasteiger partial charge on any atom is 0.165 e. The van der Waals surface area contributed by atoms with Gasteiger partial charge in [-0.05, 0) is 38.0 Å². The van der Waals surface area contributed by atoms with Gasteiger partial charge in [0.15, 0.2) is 11.6 Å². The van der Waals surface area contributed by atoms with Gasteiger partial charge in [0, 0.05) is 12.0 Å². The highest BCUT2D eigenvalue weighted by atomic mass is 19.1. The maximum atomic E-state index is 13.6. The Kier molecular flexibility index (Phi) is 2.65. The minimum atomic E-state index is -0.291. The highest BCUT2D eigenvalue weighted by Gasteiger charge is 2.35. The minimum absolute atomic E-state index is 0.00599. The van der Waals surface area contributed by atoms with Gasteiger partial charge >= 0.3 is 0 Å². The summed E-state index contributed by atoms with van der Waals surface area (Å²) in [5.74, 6) is 0.371. The first-order chi connectivity index (χ1) is 7.08. The lowest BCUT2D eigenvalue weighted by Crippen LogP contribution is -2.07. The van der Waals surface area contributed by atoms with E-state index in [1.807, 2.05) is 19.9 Å². The first-order valence-electron chi connectivity index (χ1n) is 5.29. The molecule has 1 aromatic rings. The molecule has 0 heterocycles. The van der Waals surface area contributed by atoms with Crippen molar-refractivity contribution in [3.8, 4) is 5.75 Å². The summed E-state index contributed by atoms with van der Waals surface area (Å²) in [7, 11) is 0. The molecule has 0 bridgehead atoms. The molecule has 1 fully saturated rings. The van der Waals surface area contributed by atoms with Crippen molar-refractivity contribution in [1.29, 1.82) is 0 Å². The van der Waals surface area contributed by atoms with Gasteiger partial charge in [0.25, 0.3) is 0 Å². The van der Waals surface area contributed by atoms with Crippen molar-refractivity contribution in [2.75, 3.05) is 0 Å². The van der Waals surface area contributed by atoms with Crippen LogP contribution in [-0.4, -0.2) is 12.1 Å². The molecular formula is C12H16FNO. The third-order valence-corrected chi connectivity index (χ3v) is 2.59. The predicted octanol–water partition coefficient (Wildman–Crippen LogP) is 2.43. The zero-order chi connectivity index (χ0) is 11.0. The van der Waals surface area contributed by atoms with E-state index in [2.05, 4.69) is 0 Å². The highest BCUT2D eigenvalue weighted by molar-refractivity contribution is 5.35. The van der Waals surface area contributed by atoms with Gasteiger partial charge in [-0.15, -0.1) is 0 Å². The van der Waals surface area contributed by atoms with Crippen LogP contribution in [0, 0.1) is 5.82 Å². The highest BCUT2D eigenvalue weighted by Crippen LogP contribution is 2.40. The van der Waals surface area contributed by atoms with Gasteiger partial charge < -0.3 is 10.5 Å². The Morgan fingerprint density at radius 1 is 1.47 bits per heavy atom. The van der Waals surface area contributed by atoms with Crippen LogP contribution in [0.5, 0.6) is 5.75 Å². The van der Waals surface area contributed by atoms with Crippen LogP contribution in [0.1, 0.15) is 31.7 Å². The second kappa shape index (κ2) is 3.81. The maximum absolute atomic E-state index is 13.6. The summed E-state index contributed by atoms with van der Waals surface area (Å²) in [6, 6.07) is 5.34. The summed E-state index contributed by atoms with van der Waals surface area (Å²) >= 11 is 0. The zero-order valence-corrected chi connectivity index (χ0v) is 9.03. The molecule has 0 aromatic heterocycles. The van der Waals surface area contributed by atoms with E-state index in [9.17, 15) is 4.39 Å². The zero-order valence-electron chi connectivity index (χ0n) is 9.03. The van der Waals surface area contributed by atoms with Crippen LogP contribution in [0.3, 0.4) is 0 Å². The standard InChI is InChI=1S/C12H16FNO/c1-7(2)15-12-4-3-8(5-10(12)13)9-6-11(9)14/h3-5,7,9,11H,6,14H2,1-2H3. The van der Waals surface area contributed by atoms with Gasteiger partial charge in [0.1, 0.15) is 0 Å². The molecule has 82 valence electrons. The van der Waals surface area contributed by atoms with Crippen LogP contribution in [0.2, 0.25) is 0 Å². The fraction of sp³-hybridized carbons (Fsp3) is 0.500. The molecular weight excluding hydrogens is 193 g/mol. The van der Waals surface area contributed by atoms with Gasteiger partial charge in [-0.3, -0.25) is 0 Å². The normalized spacial score (nSPS) is 24.3. The quantitative estimate of drug-likeness (QED) is 0.829. The molecule has 0 saturated heterocycles. The Hall–Kier alpha value is -1.09. The summed E-state index contributed by atoms with van der Waals surface area (Å²) in [6.45, 7) is 3.76. The fourth-order valence-corrected chi connectivity index (χ4v) is 1.70. The molecule has 0 spiro atoms.